The molecule has 0 saturated carbocycles. The monoisotopic (exact) mass is 182 g/mol. The molecule has 0 N–H and O–H groups in total. The molecule has 78 valence electrons. The minimum absolute atomic E-state index is 0.833. The maximum atomic E-state index is 2.17. The first-order valence-electron chi connectivity index (χ1n) is 5.36. The highest BCUT2D eigenvalue weighted by molar-refractivity contribution is 5.09. The fraction of sp³-hybridized carbons (Fsp3) is 0.692. The number of allylic oxidation sites excluding steroid dienone is 4. The quantitative estimate of drug-likeness (QED) is 0.540. The molecule has 0 fully saturated rings. The molecule has 0 aromatic carbocycles. The molecule has 0 radical (unpaired) electrons. The van der Waals surface area contributed by atoms with Gasteiger partial charge < -0.3 is 0 Å². The zero-order valence-electron chi connectivity index (χ0n) is 10.2. The van der Waals surface area contributed by atoms with E-state index < -0.39 is 0 Å². The van der Waals surface area contributed by atoms with Crippen LogP contribution in [0, 0.1) is 5.92 Å². The van der Waals surface area contributed by atoms with Crippen molar-refractivity contribution >= 4 is 0 Å². The highest BCUT2D eigenvalue weighted by atomic mass is 13.8. The van der Waals surface area contributed by atoms with Crippen molar-refractivity contribution in [1.29, 1.82) is 0 Å². The Bertz CT molecular complexity index is 135. The fourth-order valence-electron chi connectivity index (χ4n) is 0.486. The van der Waals surface area contributed by atoms with E-state index in [0.717, 1.165) is 18.8 Å². The lowest BCUT2D eigenvalue weighted by atomic mass is 10.2. The molecule has 0 bridgehead atoms. The van der Waals surface area contributed by atoms with Crippen molar-refractivity contribution in [3.8, 4) is 0 Å². The number of hydrogen-bond acceptors (Lipinski definition) is 0. The van der Waals surface area contributed by atoms with Crippen LogP contribution in [0.1, 0.15) is 54.4 Å². The molecule has 0 rings (SSSR count). The third-order valence-electron chi connectivity index (χ3n) is 1.31. The van der Waals surface area contributed by atoms with E-state index in [1.165, 1.54) is 5.57 Å². The zero-order chi connectivity index (χ0) is 10.7. The molecular weight excluding hydrogens is 156 g/mol. The summed E-state index contributed by atoms with van der Waals surface area (Å²) in [6, 6.07) is 0. The van der Waals surface area contributed by atoms with Crippen molar-refractivity contribution in [1.82, 2.24) is 0 Å². The molecule has 0 heteroatoms. The summed E-state index contributed by atoms with van der Waals surface area (Å²) in [5.41, 5.74) is 1.44. The van der Waals surface area contributed by atoms with Gasteiger partial charge in [0.25, 0.3) is 0 Å². The summed E-state index contributed by atoms with van der Waals surface area (Å²) in [5, 5.41) is 0. The lowest BCUT2D eigenvalue weighted by molar-refractivity contribution is 0.737. The Kier molecular flexibility index (Phi) is 13.2. The Morgan fingerprint density at radius 3 is 1.92 bits per heavy atom. The van der Waals surface area contributed by atoms with Crippen LogP contribution in [0.5, 0.6) is 0 Å². The van der Waals surface area contributed by atoms with Crippen molar-refractivity contribution in [3.63, 3.8) is 0 Å². The van der Waals surface area contributed by atoms with Crippen LogP contribution in [0.2, 0.25) is 0 Å². The molecule has 0 amide bonds. The van der Waals surface area contributed by atoms with E-state index in [1.807, 2.05) is 0 Å². The smallest absolute Gasteiger partial charge is 0.0349 e. The van der Waals surface area contributed by atoms with Gasteiger partial charge in [0.15, 0.2) is 0 Å². The van der Waals surface area contributed by atoms with Gasteiger partial charge in [-0.05, 0) is 25.7 Å². The summed E-state index contributed by atoms with van der Waals surface area (Å²) in [6.45, 7) is 13.0. The van der Waals surface area contributed by atoms with Gasteiger partial charge in [-0.1, -0.05) is 58.4 Å². The van der Waals surface area contributed by atoms with Gasteiger partial charge in [0.1, 0.15) is 0 Å². The lowest BCUT2D eigenvalue weighted by Crippen LogP contribution is -1.66. The summed E-state index contributed by atoms with van der Waals surface area (Å²) in [5.74, 6) is 0.833. The molecule has 0 atom stereocenters. The Balaban J connectivity index is 0. The van der Waals surface area contributed by atoms with Crippen LogP contribution < -0.4 is 0 Å². The molecular formula is C13H26. The molecule has 0 heterocycles. The SMILES string of the molecule is CC(C)C.CC/C=C\C=C(\C)CC. The minimum atomic E-state index is 0.833. The second-order valence-electron chi connectivity index (χ2n) is 3.94. The maximum Gasteiger partial charge on any atom is -0.0349 e. The second-order valence-corrected chi connectivity index (χ2v) is 3.94. The van der Waals surface area contributed by atoms with Crippen LogP contribution >= 0.6 is 0 Å². The first kappa shape index (κ1) is 15.0. The van der Waals surface area contributed by atoms with Crippen molar-refractivity contribution in [2.24, 2.45) is 5.92 Å². The standard InChI is InChI=1S/C9H16.C4H10/c1-4-6-7-8-9(3)5-2;1-4(2)3/h6-8H,4-5H2,1-3H3;4H,1-3H3/b7-6-,9-8-;. The number of hydrogen-bond donors (Lipinski definition) is 0. The Labute approximate surface area is 84.7 Å². The van der Waals surface area contributed by atoms with E-state index in [9.17, 15) is 0 Å². The van der Waals surface area contributed by atoms with Crippen molar-refractivity contribution in [3.05, 3.63) is 23.8 Å². The first-order valence-corrected chi connectivity index (χ1v) is 5.36. The molecule has 0 unspecified atom stereocenters. The Morgan fingerprint density at radius 1 is 1.15 bits per heavy atom. The van der Waals surface area contributed by atoms with E-state index >= 15 is 0 Å². The van der Waals surface area contributed by atoms with E-state index in [2.05, 4.69) is 59.8 Å². The van der Waals surface area contributed by atoms with Crippen LogP contribution in [0.4, 0.5) is 0 Å². The van der Waals surface area contributed by atoms with Crippen LogP contribution in [0.15, 0.2) is 23.8 Å². The second kappa shape index (κ2) is 11.5. The topological polar surface area (TPSA) is 0 Å². The summed E-state index contributed by atoms with van der Waals surface area (Å²) in [4.78, 5) is 0. The molecule has 0 saturated heterocycles. The van der Waals surface area contributed by atoms with E-state index in [4.69, 9.17) is 0 Å². The molecule has 0 nitrogen and oxygen atoms in total. The van der Waals surface area contributed by atoms with Crippen LogP contribution in [0.25, 0.3) is 0 Å². The van der Waals surface area contributed by atoms with Gasteiger partial charge in [-0.25, -0.2) is 0 Å². The Morgan fingerprint density at radius 2 is 1.62 bits per heavy atom. The molecule has 0 aliphatic heterocycles. The van der Waals surface area contributed by atoms with Gasteiger partial charge >= 0.3 is 0 Å². The van der Waals surface area contributed by atoms with Crippen molar-refractivity contribution in [2.75, 3.05) is 0 Å². The largest absolute Gasteiger partial charge is 0.0848 e. The first-order chi connectivity index (χ1) is 6.04. The van der Waals surface area contributed by atoms with Gasteiger partial charge in [-0.3, -0.25) is 0 Å². The van der Waals surface area contributed by atoms with Crippen molar-refractivity contribution in [2.45, 2.75) is 54.4 Å². The average Bonchev–Trinajstić information content (AvgIpc) is 2.03. The van der Waals surface area contributed by atoms with E-state index in [0.29, 0.717) is 0 Å². The van der Waals surface area contributed by atoms with Gasteiger partial charge in [-0.2, -0.15) is 0 Å². The minimum Gasteiger partial charge on any atom is -0.0848 e. The lowest BCUT2D eigenvalue weighted by Gasteiger charge is -1.87. The predicted octanol–water partition coefficient (Wildman–Crippen LogP) is 4.97. The van der Waals surface area contributed by atoms with Gasteiger partial charge in [0.2, 0.25) is 0 Å². The normalized spacial score (nSPS) is 11.8. The highest BCUT2D eigenvalue weighted by Crippen LogP contribution is 1.97. The zero-order valence-corrected chi connectivity index (χ0v) is 10.2. The summed E-state index contributed by atoms with van der Waals surface area (Å²) in [6.07, 6.45) is 8.75. The van der Waals surface area contributed by atoms with Gasteiger partial charge in [0, 0.05) is 0 Å². The van der Waals surface area contributed by atoms with E-state index in [-0.39, 0.29) is 0 Å². The molecule has 0 aromatic heterocycles. The number of rotatable bonds is 3. The van der Waals surface area contributed by atoms with Gasteiger partial charge in [0.05, 0.1) is 0 Å². The summed E-state index contributed by atoms with van der Waals surface area (Å²) >= 11 is 0. The summed E-state index contributed by atoms with van der Waals surface area (Å²) < 4.78 is 0. The van der Waals surface area contributed by atoms with Crippen molar-refractivity contribution < 1.29 is 0 Å². The van der Waals surface area contributed by atoms with Crippen LogP contribution in [-0.4, -0.2) is 0 Å². The third-order valence-corrected chi connectivity index (χ3v) is 1.31. The molecule has 0 aliphatic carbocycles. The van der Waals surface area contributed by atoms with Gasteiger partial charge in [-0.15, -0.1) is 0 Å². The third kappa shape index (κ3) is 24.6. The molecule has 0 spiro atoms. The fourth-order valence-corrected chi connectivity index (χ4v) is 0.486. The van der Waals surface area contributed by atoms with E-state index in [1.54, 1.807) is 0 Å². The van der Waals surface area contributed by atoms with Crippen LogP contribution in [0.3, 0.4) is 0 Å². The Hall–Kier alpha value is -0.520. The predicted molar refractivity (Wildman–Crippen MR) is 64.0 cm³/mol. The highest BCUT2D eigenvalue weighted by Gasteiger charge is 1.76. The summed E-state index contributed by atoms with van der Waals surface area (Å²) in [7, 11) is 0. The average molecular weight is 182 g/mol. The van der Waals surface area contributed by atoms with Crippen LogP contribution in [-0.2, 0) is 0 Å². The molecule has 0 aliphatic rings. The molecule has 0 aromatic rings. The maximum absolute atomic E-state index is 2.17. The molecule has 13 heavy (non-hydrogen) atoms.